The minimum absolute atomic E-state index is 0.167. The first-order valence-electron chi connectivity index (χ1n) is 8.68. The second-order valence-corrected chi connectivity index (χ2v) is 7.95. The molecule has 0 aliphatic carbocycles. The molecule has 1 amide bonds. The molecule has 2 saturated heterocycles. The van der Waals surface area contributed by atoms with Crippen molar-refractivity contribution < 1.29 is 9.90 Å². The van der Waals surface area contributed by atoms with Gasteiger partial charge in [-0.25, -0.2) is 4.98 Å². The summed E-state index contributed by atoms with van der Waals surface area (Å²) in [4.78, 5) is 21.6. The van der Waals surface area contributed by atoms with Crippen molar-refractivity contribution in [3.63, 3.8) is 0 Å². The fraction of sp³-hybridized carbons (Fsp3) is 0.765. The molecular weight excluding hydrogens is 310 g/mol. The summed E-state index contributed by atoms with van der Waals surface area (Å²) in [5.74, 6) is 0.758. The first-order chi connectivity index (χ1) is 11.2. The zero-order valence-corrected chi connectivity index (χ0v) is 14.7. The molecule has 1 N–H and O–H groups in total. The van der Waals surface area contributed by atoms with Gasteiger partial charge in [-0.05, 0) is 51.6 Å². The van der Waals surface area contributed by atoms with Crippen LogP contribution in [0.2, 0.25) is 0 Å². The molecule has 1 unspecified atom stereocenters. The molecule has 6 heteroatoms. The largest absolute Gasteiger partial charge is 0.396 e. The Morgan fingerprint density at radius 1 is 1.35 bits per heavy atom. The summed E-state index contributed by atoms with van der Waals surface area (Å²) < 4.78 is 0. The molecule has 3 heterocycles. The van der Waals surface area contributed by atoms with Crippen LogP contribution in [-0.2, 0) is 11.3 Å². The number of hydrogen-bond acceptors (Lipinski definition) is 5. The highest BCUT2D eigenvalue weighted by Gasteiger charge is 2.31. The van der Waals surface area contributed by atoms with E-state index in [9.17, 15) is 9.90 Å². The van der Waals surface area contributed by atoms with Gasteiger partial charge in [0.15, 0.2) is 0 Å². The van der Waals surface area contributed by atoms with Gasteiger partial charge in [0, 0.05) is 37.5 Å². The van der Waals surface area contributed by atoms with Gasteiger partial charge >= 0.3 is 0 Å². The van der Waals surface area contributed by atoms with E-state index in [0.29, 0.717) is 5.91 Å². The van der Waals surface area contributed by atoms with E-state index in [1.165, 1.54) is 0 Å². The van der Waals surface area contributed by atoms with Crippen molar-refractivity contribution in [1.82, 2.24) is 14.8 Å². The molecule has 3 rings (SSSR count). The lowest BCUT2D eigenvalue weighted by Gasteiger charge is -2.37. The van der Waals surface area contributed by atoms with Crippen LogP contribution < -0.4 is 0 Å². The average Bonchev–Trinajstić information content (AvgIpc) is 3.00. The van der Waals surface area contributed by atoms with E-state index >= 15 is 0 Å². The second-order valence-electron chi connectivity index (χ2n) is 6.88. The summed E-state index contributed by atoms with van der Waals surface area (Å²) in [6.07, 6.45) is 3.97. The number of aromatic nitrogens is 1. The molecule has 0 saturated carbocycles. The zero-order valence-electron chi connectivity index (χ0n) is 13.9. The predicted molar refractivity (Wildman–Crippen MR) is 91.2 cm³/mol. The number of aliphatic hydroxyl groups excluding tert-OH is 1. The molecular formula is C17H27N3O2S. The molecule has 1 aromatic heterocycles. The Hall–Kier alpha value is -0.980. The monoisotopic (exact) mass is 337 g/mol. The third-order valence-corrected chi connectivity index (χ3v) is 5.90. The maximum Gasteiger partial charge on any atom is 0.225 e. The number of piperidine rings is 2. The van der Waals surface area contributed by atoms with Crippen molar-refractivity contribution in [2.24, 2.45) is 11.8 Å². The standard InChI is InChI=1S/C17H27N3O2S/c1-13-18-16(12-23-13)10-19-7-4-15(5-8-19)17(22)20-6-2-3-14(9-20)11-21/h12,14-15,21H,2-11H2,1H3. The Kier molecular flexibility index (Phi) is 5.67. The lowest BCUT2D eigenvalue weighted by molar-refractivity contribution is -0.139. The second kappa shape index (κ2) is 7.73. The molecule has 0 aromatic carbocycles. The fourth-order valence-electron chi connectivity index (χ4n) is 3.72. The number of amides is 1. The number of likely N-dealkylation sites (tertiary alicyclic amines) is 2. The average molecular weight is 337 g/mol. The molecule has 23 heavy (non-hydrogen) atoms. The highest BCUT2D eigenvalue weighted by molar-refractivity contribution is 7.09. The number of carbonyl (C=O) groups is 1. The van der Waals surface area contributed by atoms with Gasteiger partial charge in [-0.3, -0.25) is 9.69 Å². The van der Waals surface area contributed by atoms with Gasteiger partial charge in [-0.15, -0.1) is 11.3 Å². The van der Waals surface area contributed by atoms with E-state index < -0.39 is 0 Å². The van der Waals surface area contributed by atoms with E-state index in [0.717, 1.165) is 69.1 Å². The summed E-state index contributed by atoms with van der Waals surface area (Å²) in [5, 5.41) is 12.6. The minimum atomic E-state index is 0.167. The quantitative estimate of drug-likeness (QED) is 0.912. The van der Waals surface area contributed by atoms with Crippen LogP contribution in [0.25, 0.3) is 0 Å². The third-order valence-electron chi connectivity index (χ3n) is 5.08. The molecule has 0 bridgehead atoms. The van der Waals surface area contributed by atoms with Crippen LogP contribution >= 0.6 is 11.3 Å². The number of thiazole rings is 1. The predicted octanol–water partition coefficient (Wildman–Crippen LogP) is 1.89. The summed E-state index contributed by atoms with van der Waals surface area (Å²) in [6, 6.07) is 0. The van der Waals surface area contributed by atoms with Crippen molar-refractivity contribution >= 4 is 17.2 Å². The van der Waals surface area contributed by atoms with Crippen molar-refractivity contribution in [2.75, 3.05) is 32.8 Å². The Balaban J connectivity index is 1.47. The SMILES string of the molecule is Cc1nc(CN2CCC(C(=O)N3CCCC(CO)C3)CC2)cs1. The lowest BCUT2D eigenvalue weighted by atomic mass is 9.92. The molecule has 2 aliphatic heterocycles. The number of aliphatic hydroxyl groups is 1. The highest BCUT2D eigenvalue weighted by Crippen LogP contribution is 2.24. The fourth-order valence-corrected chi connectivity index (χ4v) is 4.32. The van der Waals surface area contributed by atoms with Gasteiger partial charge in [0.05, 0.1) is 10.7 Å². The first-order valence-corrected chi connectivity index (χ1v) is 9.56. The maximum absolute atomic E-state index is 12.7. The van der Waals surface area contributed by atoms with Crippen LogP contribution in [0.1, 0.15) is 36.4 Å². The molecule has 0 radical (unpaired) electrons. The number of hydrogen-bond donors (Lipinski definition) is 1. The van der Waals surface area contributed by atoms with Gasteiger partial charge in [-0.2, -0.15) is 0 Å². The van der Waals surface area contributed by atoms with Gasteiger partial charge in [-0.1, -0.05) is 0 Å². The van der Waals surface area contributed by atoms with Crippen LogP contribution in [0.4, 0.5) is 0 Å². The maximum atomic E-state index is 12.7. The van der Waals surface area contributed by atoms with Crippen molar-refractivity contribution in [3.05, 3.63) is 16.1 Å². The zero-order chi connectivity index (χ0) is 16.2. The van der Waals surface area contributed by atoms with Crippen molar-refractivity contribution in [3.8, 4) is 0 Å². The Morgan fingerprint density at radius 3 is 2.78 bits per heavy atom. The van der Waals surface area contributed by atoms with Crippen molar-refractivity contribution in [1.29, 1.82) is 0 Å². The van der Waals surface area contributed by atoms with E-state index in [4.69, 9.17) is 0 Å². The van der Waals surface area contributed by atoms with E-state index in [1.54, 1.807) is 11.3 Å². The summed E-state index contributed by atoms with van der Waals surface area (Å²) in [7, 11) is 0. The molecule has 5 nitrogen and oxygen atoms in total. The molecule has 1 atom stereocenters. The number of aryl methyl sites for hydroxylation is 1. The molecule has 128 valence electrons. The molecule has 1 aromatic rings. The molecule has 2 fully saturated rings. The van der Waals surface area contributed by atoms with Gasteiger partial charge in [0.25, 0.3) is 0 Å². The molecule has 2 aliphatic rings. The number of rotatable bonds is 4. The van der Waals surface area contributed by atoms with Gasteiger partial charge < -0.3 is 10.0 Å². The number of nitrogens with zero attached hydrogens (tertiary/aromatic N) is 3. The third kappa shape index (κ3) is 4.31. The normalized spacial score (nSPS) is 24.1. The van der Waals surface area contributed by atoms with Crippen LogP contribution in [-0.4, -0.2) is 58.6 Å². The smallest absolute Gasteiger partial charge is 0.225 e. The summed E-state index contributed by atoms with van der Waals surface area (Å²) in [5.41, 5.74) is 1.15. The summed E-state index contributed by atoms with van der Waals surface area (Å²) in [6.45, 7) is 6.71. The van der Waals surface area contributed by atoms with E-state index in [1.807, 2.05) is 11.8 Å². The topological polar surface area (TPSA) is 56.7 Å². The van der Waals surface area contributed by atoms with E-state index in [2.05, 4.69) is 15.3 Å². The summed E-state index contributed by atoms with van der Waals surface area (Å²) >= 11 is 1.70. The molecule has 0 spiro atoms. The lowest BCUT2D eigenvalue weighted by Crippen LogP contribution is -2.46. The van der Waals surface area contributed by atoms with Gasteiger partial charge in [0.2, 0.25) is 5.91 Å². The number of carbonyl (C=O) groups excluding carboxylic acids is 1. The van der Waals surface area contributed by atoms with Crippen LogP contribution in [0.5, 0.6) is 0 Å². The minimum Gasteiger partial charge on any atom is -0.396 e. The van der Waals surface area contributed by atoms with Crippen LogP contribution in [0.3, 0.4) is 0 Å². The van der Waals surface area contributed by atoms with E-state index in [-0.39, 0.29) is 18.4 Å². The van der Waals surface area contributed by atoms with Crippen LogP contribution in [0, 0.1) is 18.8 Å². The van der Waals surface area contributed by atoms with Crippen LogP contribution in [0.15, 0.2) is 5.38 Å². The Labute approximate surface area is 142 Å². The Bertz CT molecular complexity index is 526. The van der Waals surface area contributed by atoms with Crippen molar-refractivity contribution in [2.45, 2.75) is 39.2 Å². The first kappa shape index (κ1) is 16.9. The van der Waals surface area contributed by atoms with Gasteiger partial charge in [0.1, 0.15) is 0 Å². The highest BCUT2D eigenvalue weighted by atomic mass is 32.1. The Morgan fingerprint density at radius 2 is 2.13 bits per heavy atom.